The van der Waals surface area contributed by atoms with E-state index in [1.165, 1.54) is 103 Å². The number of hydrogen-bond acceptors (Lipinski definition) is 2. The summed E-state index contributed by atoms with van der Waals surface area (Å²) in [5.41, 5.74) is 0. The molecule has 0 fully saturated rings. The zero-order chi connectivity index (χ0) is 20.5. The van der Waals surface area contributed by atoms with Crippen molar-refractivity contribution in [2.75, 3.05) is 13.2 Å². The third-order valence-corrected chi connectivity index (χ3v) is 5.19. The van der Waals surface area contributed by atoms with Crippen LogP contribution in [0, 0.1) is 0 Å². The van der Waals surface area contributed by atoms with Crippen LogP contribution in [0.3, 0.4) is 0 Å². The summed E-state index contributed by atoms with van der Waals surface area (Å²) in [6.45, 7) is 9.95. The van der Waals surface area contributed by atoms with Crippen LogP contribution in [-0.2, 0) is 9.47 Å². The molecule has 2 heteroatoms. The maximum atomic E-state index is 6.08. The van der Waals surface area contributed by atoms with Crippen LogP contribution in [0.25, 0.3) is 0 Å². The monoisotopic (exact) mass is 394 g/mol. The van der Waals surface area contributed by atoms with Gasteiger partial charge in [-0.05, 0) is 38.5 Å². The van der Waals surface area contributed by atoms with Crippen molar-refractivity contribution in [1.82, 2.24) is 0 Å². The first kappa shape index (κ1) is 27.4. The summed E-state index contributed by atoms with van der Waals surface area (Å²) in [5.74, 6) is 0. The molecular weight excluding hydrogens is 344 g/mol. The van der Waals surface area contributed by atoms with E-state index in [1.807, 2.05) is 12.2 Å². The van der Waals surface area contributed by atoms with Crippen molar-refractivity contribution in [2.24, 2.45) is 0 Å². The lowest BCUT2D eigenvalue weighted by molar-refractivity contribution is -0.148. The van der Waals surface area contributed by atoms with Gasteiger partial charge in [-0.1, -0.05) is 109 Å². The minimum atomic E-state index is 0.0212. The van der Waals surface area contributed by atoms with Crippen molar-refractivity contribution in [3.05, 3.63) is 24.8 Å². The second kappa shape index (κ2) is 24.4. The SMILES string of the molecule is C=C/C=C\CCCCCCCC(OCCCCCCC)OCCCCCCC. The molecule has 0 unspecified atom stereocenters. The van der Waals surface area contributed by atoms with E-state index >= 15 is 0 Å². The van der Waals surface area contributed by atoms with Crippen molar-refractivity contribution in [1.29, 1.82) is 0 Å². The van der Waals surface area contributed by atoms with Gasteiger partial charge in [0.1, 0.15) is 0 Å². The Morgan fingerprint density at radius 1 is 0.643 bits per heavy atom. The smallest absolute Gasteiger partial charge is 0.157 e. The zero-order valence-electron chi connectivity index (χ0n) is 19.3. The van der Waals surface area contributed by atoms with Gasteiger partial charge < -0.3 is 9.47 Å². The molecular formula is C26H50O2. The molecule has 0 rings (SSSR count). The number of hydrogen-bond donors (Lipinski definition) is 0. The highest BCUT2D eigenvalue weighted by Crippen LogP contribution is 2.14. The Labute approximate surface area is 177 Å². The lowest BCUT2D eigenvalue weighted by Gasteiger charge is -2.19. The summed E-state index contributed by atoms with van der Waals surface area (Å²) >= 11 is 0. The fraction of sp³-hybridized carbons (Fsp3) is 0.846. The van der Waals surface area contributed by atoms with Gasteiger partial charge in [0.15, 0.2) is 6.29 Å². The van der Waals surface area contributed by atoms with Crippen LogP contribution in [-0.4, -0.2) is 19.5 Å². The maximum Gasteiger partial charge on any atom is 0.157 e. The number of ether oxygens (including phenoxy) is 2. The van der Waals surface area contributed by atoms with Gasteiger partial charge in [-0.3, -0.25) is 0 Å². The summed E-state index contributed by atoms with van der Waals surface area (Å²) in [6, 6.07) is 0. The van der Waals surface area contributed by atoms with Crippen LogP contribution in [0.5, 0.6) is 0 Å². The van der Waals surface area contributed by atoms with Gasteiger partial charge in [0.25, 0.3) is 0 Å². The Kier molecular flexibility index (Phi) is 23.9. The molecule has 0 aliphatic carbocycles. The van der Waals surface area contributed by atoms with E-state index in [-0.39, 0.29) is 6.29 Å². The molecule has 0 aromatic heterocycles. The summed E-state index contributed by atoms with van der Waals surface area (Å²) in [6.07, 6.45) is 27.7. The van der Waals surface area contributed by atoms with Crippen molar-refractivity contribution in [3.8, 4) is 0 Å². The topological polar surface area (TPSA) is 18.5 Å². The van der Waals surface area contributed by atoms with Gasteiger partial charge in [-0.25, -0.2) is 0 Å². The third kappa shape index (κ3) is 21.7. The predicted molar refractivity (Wildman–Crippen MR) is 125 cm³/mol. The van der Waals surface area contributed by atoms with Crippen LogP contribution in [0.1, 0.15) is 123 Å². The number of allylic oxidation sites excluding steroid dienone is 3. The standard InChI is InChI=1S/C26H50O2/c1-4-7-10-13-14-15-16-17-20-23-26(27-24-21-18-11-8-5-2)28-25-22-19-12-9-6-3/h4,7,10,26H,1,5-6,8-9,11-25H2,2-3H3/b10-7-. The van der Waals surface area contributed by atoms with Gasteiger partial charge in [-0.2, -0.15) is 0 Å². The predicted octanol–water partition coefficient (Wildman–Crippen LogP) is 8.76. The van der Waals surface area contributed by atoms with Gasteiger partial charge in [0, 0.05) is 13.2 Å². The molecule has 0 bridgehead atoms. The van der Waals surface area contributed by atoms with Crippen molar-refractivity contribution in [2.45, 2.75) is 129 Å². The summed E-state index contributed by atoms with van der Waals surface area (Å²) in [5, 5.41) is 0. The Morgan fingerprint density at radius 2 is 1.14 bits per heavy atom. The zero-order valence-corrected chi connectivity index (χ0v) is 19.3. The first-order valence-corrected chi connectivity index (χ1v) is 12.4. The van der Waals surface area contributed by atoms with E-state index in [1.54, 1.807) is 0 Å². The Hall–Kier alpha value is -0.600. The minimum Gasteiger partial charge on any atom is -0.353 e. The fourth-order valence-corrected chi connectivity index (χ4v) is 3.35. The average Bonchev–Trinajstić information content (AvgIpc) is 2.71. The van der Waals surface area contributed by atoms with Crippen molar-refractivity contribution < 1.29 is 9.47 Å². The number of unbranched alkanes of at least 4 members (excludes halogenated alkanes) is 13. The van der Waals surface area contributed by atoms with Gasteiger partial charge in [0.2, 0.25) is 0 Å². The van der Waals surface area contributed by atoms with Gasteiger partial charge >= 0.3 is 0 Å². The highest BCUT2D eigenvalue weighted by Gasteiger charge is 2.09. The van der Waals surface area contributed by atoms with E-state index in [0.29, 0.717) is 0 Å². The van der Waals surface area contributed by atoms with E-state index in [4.69, 9.17) is 9.47 Å². The molecule has 0 aliphatic heterocycles. The highest BCUT2D eigenvalue weighted by molar-refractivity contribution is 4.96. The molecule has 0 saturated carbocycles. The number of rotatable bonds is 23. The molecule has 0 radical (unpaired) electrons. The second-order valence-corrected chi connectivity index (χ2v) is 8.01. The largest absolute Gasteiger partial charge is 0.353 e. The summed E-state index contributed by atoms with van der Waals surface area (Å²) < 4.78 is 12.2. The molecule has 0 spiro atoms. The highest BCUT2D eigenvalue weighted by atomic mass is 16.7. The molecule has 0 aromatic rings. The van der Waals surface area contributed by atoms with Crippen LogP contribution < -0.4 is 0 Å². The van der Waals surface area contributed by atoms with Crippen molar-refractivity contribution in [3.63, 3.8) is 0 Å². The van der Waals surface area contributed by atoms with E-state index in [2.05, 4.69) is 26.5 Å². The van der Waals surface area contributed by atoms with E-state index < -0.39 is 0 Å². The third-order valence-electron chi connectivity index (χ3n) is 5.19. The Balaban J connectivity index is 3.81. The molecule has 2 nitrogen and oxygen atoms in total. The normalized spacial score (nSPS) is 11.7. The quantitative estimate of drug-likeness (QED) is 0.0979. The first-order chi connectivity index (χ1) is 13.8. The molecule has 0 aromatic carbocycles. The lowest BCUT2D eigenvalue weighted by atomic mass is 10.1. The lowest BCUT2D eigenvalue weighted by Crippen LogP contribution is -2.19. The molecule has 0 atom stereocenters. The van der Waals surface area contributed by atoms with Crippen LogP contribution >= 0.6 is 0 Å². The second-order valence-electron chi connectivity index (χ2n) is 8.01. The fourth-order valence-electron chi connectivity index (χ4n) is 3.35. The van der Waals surface area contributed by atoms with Crippen LogP contribution in [0.15, 0.2) is 24.8 Å². The maximum absolute atomic E-state index is 6.08. The van der Waals surface area contributed by atoms with Gasteiger partial charge in [-0.15, -0.1) is 0 Å². The average molecular weight is 395 g/mol. The Morgan fingerprint density at radius 3 is 1.71 bits per heavy atom. The molecule has 28 heavy (non-hydrogen) atoms. The van der Waals surface area contributed by atoms with Crippen LogP contribution in [0.4, 0.5) is 0 Å². The molecule has 166 valence electrons. The summed E-state index contributed by atoms with van der Waals surface area (Å²) in [4.78, 5) is 0. The van der Waals surface area contributed by atoms with E-state index in [9.17, 15) is 0 Å². The van der Waals surface area contributed by atoms with E-state index in [0.717, 1.165) is 19.6 Å². The molecule has 0 heterocycles. The van der Waals surface area contributed by atoms with Crippen LogP contribution in [0.2, 0.25) is 0 Å². The molecule has 0 N–H and O–H groups in total. The molecule has 0 amide bonds. The molecule has 0 saturated heterocycles. The summed E-state index contributed by atoms with van der Waals surface area (Å²) in [7, 11) is 0. The Bertz CT molecular complexity index is 308. The first-order valence-electron chi connectivity index (χ1n) is 12.4. The van der Waals surface area contributed by atoms with Gasteiger partial charge in [0.05, 0.1) is 0 Å². The molecule has 0 aliphatic rings. The minimum absolute atomic E-state index is 0.0212. The van der Waals surface area contributed by atoms with Crippen molar-refractivity contribution >= 4 is 0 Å².